The third kappa shape index (κ3) is 6.22. The molecule has 1 saturated heterocycles. The fourth-order valence-electron chi connectivity index (χ4n) is 12.3. The van der Waals surface area contributed by atoms with Crippen LogP contribution >= 0.6 is 0 Å². The summed E-state index contributed by atoms with van der Waals surface area (Å²) in [5.74, 6) is 0.733. The zero-order valence-corrected chi connectivity index (χ0v) is 30.5. The van der Waals surface area contributed by atoms with Gasteiger partial charge in [0.15, 0.2) is 6.29 Å². The molecular formula is C38H64O10. The van der Waals surface area contributed by atoms with Crippen LogP contribution < -0.4 is 0 Å². The van der Waals surface area contributed by atoms with Gasteiger partial charge in [-0.05, 0) is 112 Å². The standard InChI is InChI=1S/C38H64O10/c1-21(20-46-33-31(44)30(43)29(42)26(19-39)48-33)10-9-15-38(8,45)24-13-17-36(6)23(24)11-12-27-35(5)16-14-28(47-22(2)40)34(3,4)32(35)25(41)18-37(27,36)7/h10,23-33,39,41-45H,9,11-20H2,1-8H3/b21-10+/t23-,24+,25+,26-,27-,28+,29-,30+,31-,32+,33-,35-,36-,37-,38+/m1/s1. The highest BCUT2D eigenvalue weighted by atomic mass is 16.7. The molecule has 4 saturated carbocycles. The van der Waals surface area contributed by atoms with Crippen LogP contribution in [0.15, 0.2) is 11.6 Å². The molecule has 0 bridgehead atoms. The molecule has 15 atom stereocenters. The normalized spacial score (nSPS) is 48.5. The molecule has 5 rings (SSSR count). The SMILES string of the molecule is CC(=O)O[C@H]1CC[C@]2(C)[C@H]3CC[C@@H]4[C@@H]([C@@](C)(O)CC/C=C(\C)CO[C@@H]5O[C@H](CO)[C@@H](O)[C@H](O)[C@H]5O)CC[C@@]4(C)[C@]3(C)C[C@H](O)[C@H]2C1(C)C. The molecule has 5 aliphatic rings. The van der Waals surface area contributed by atoms with Crippen LogP contribution in [0.1, 0.15) is 113 Å². The van der Waals surface area contributed by atoms with E-state index in [1.54, 1.807) is 0 Å². The van der Waals surface area contributed by atoms with Crippen molar-refractivity contribution in [3.63, 3.8) is 0 Å². The molecule has 276 valence electrons. The number of esters is 1. The summed E-state index contributed by atoms with van der Waals surface area (Å²) in [7, 11) is 0. The summed E-state index contributed by atoms with van der Waals surface area (Å²) < 4.78 is 17.0. The molecule has 6 N–H and O–H groups in total. The zero-order chi connectivity index (χ0) is 35.6. The fourth-order valence-corrected chi connectivity index (χ4v) is 12.3. The van der Waals surface area contributed by atoms with E-state index in [2.05, 4.69) is 34.6 Å². The Morgan fingerprint density at radius 1 is 0.938 bits per heavy atom. The van der Waals surface area contributed by atoms with Gasteiger partial charge in [-0.25, -0.2) is 0 Å². The lowest BCUT2D eigenvalue weighted by Crippen LogP contribution is -2.68. The molecule has 1 heterocycles. The summed E-state index contributed by atoms with van der Waals surface area (Å²) >= 11 is 0. The zero-order valence-electron chi connectivity index (χ0n) is 30.5. The van der Waals surface area contributed by atoms with Crippen LogP contribution in [-0.4, -0.2) is 98.3 Å². The molecule has 0 aromatic rings. The van der Waals surface area contributed by atoms with Gasteiger partial charge in [-0.3, -0.25) is 4.79 Å². The Morgan fingerprint density at radius 3 is 2.27 bits per heavy atom. The van der Waals surface area contributed by atoms with Gasteiger partial charge in [0.25, 0.3) is 0 Å². The minimum Gasteiger partial charge on any atom is -0.462 e. The second-order valence-electron chi connectivity index (χ2n) is 17.9. The molecule has 0 spiro atoms. The molecule has 0 aromatic heterocycles. The molecule has 1 aliphatic heterocycles. The number of carbonyl (C=O) groups is 1. The number of rotatable bonds is 9. The van der Waals surface area contributed by atoms with Crippen molar-refractivity contribution in [2.24, 2.45) is 45.3 Å². The minimum absolute atomic E-state index is 0.0125. The van der Waals surface area contributed by atoms with E-state index in [0.717, 1.165) is 50.5 Å². The summed E-state index contributed by atoms with van der Waals surface area (Å²) in [5, 5.41) is 63.8. The summed E-state index contributed by atoms with van der Waals surface area (Å²) in [5.41, 5.74) is -0.469. The molecule has 5 fully saturated rings. The first kappa shape index (κ1) is 38.1. The van der Waals surface area contributed by atoms with Crippen molar-refractivity contribution < 1.29 is 49.6 Å². The quantitative estimate of drug-likeness (QED) is 0.156. The van der Waals surface area contributed by atoms with E-state index < -0.39 is 49.0 Å². The maximum atomic E-state index is 12.0. The van der Waals surface area contributed by atoms with Crippen LogP contribution in [0, 0.1) is 45.3 Å². The number of allylic oxidation sites excluding steroid dienone is 1. The smallest absolute Gasteiger partial charge is 0.302 e. The summed E-state index contributed by atoms with van der Waals surface area (Å²) in [4.78, 5) is 12.0. The van der Waals surface area contributed by atoms with E-state index in [1.807, 2.05) is 19.9 Å². The molecule has 0 radical (unpaired) electrons. The third-order valence-electron chi connectivity index (χ3n) is 14.8. The average Bonchev–Trinajstić information content (AvgIpc) is 3.36. The van der Waals surface area contributed by atoms with Crippen molar-refractivity contribution in [1.29, 1.82) is 0 Å². The van der Waals surface area contributed by atoms with E-state index in [-0.39, 0.29) is 52.2 Å². The Bertz CT molecular complexity index is 1200. The van der Waals surface area contributed by atoms with Crippen molar-refractivity contribution in [1.82, 2.24) is 0 Å². The minimum atomic E-state index is -1.48. The number of aliphatic hydroxyl groups is 6. The van der Waals surface area contributed by atoms with Gasteiger partial charge in [0.05, 0.1) is 24.9 Å². The lowest BCUT2D eigenvalue weighted by Gasteiger charge is -2.71. The Morgan fingerprint density at radius 2 is 1.62 bits per heavy atom. The Balaban J connectivity index is 1.24. The van der Waals surface area contributed by atoms with Gasteiger partial charge in [0.2, 0.25) is 0 Å². The topological polar surface area (TPSA) is 166 Å². The third-order valence-corrected chi connectivity index (χ3v) is 14.8. The number of hydrogen-bond donors (Lipinski definition) is 6. The lowest BCUT2D eigenvalue weighted by atomic mass is 9.35. The van der Waals surface area contributed by atoms with Gasteiger partial charge in [0.1, 0.15) is 30.5 Å². The predicted octanol–water partition coefficient (Wildman–Crippen LogP) is 3.87. The Labute approximate surface area is 287 Å². The average molecular weight is 681 g/mol. The largest absolute Gasteiger partial charge is 0.462 e. The van der Waals surface area contributed by atoms with Crippen LogP contribution in [-0.2, 0) is 19.0 Å². The van der Waals surface area contributed by atoms with Crippen LogP contribution in [0.5, 0.6) is 0 Å². The lowest BCUT2D eigenvalue weighted by molar-refractivity contribution is -0.299. The number of hydrogen-bond acceptors (Lipinski definition) is 10. The van der Waals surface area contributed by atoms with Crippen LogP contribution in [0.2, 0.25) is 0 Å². The molecule has 10 nitrogen and oxygen atoms in total. The van der Waals surface area contributed by atoms with Gasteiger partial charge in [-0.15, -0.1) is 0 Å². The van der Waals surface area contributed by atoms with Crippen molar-refractivity contribution >= 4 is 5.97 Å². The van der Waals surface area contributed by atoms with Gasteiger partial charge in [-0.2, -0.15) is 0 Å². The van der Waals surface area contributed by atoms with Crippen molar-refractivity contribution in [2.75, 3.05) is 13.2 Å². The highest BCUT2D eigenvalue weighted by Crippen LogP contribution is 2.76. The first-order valence-corrected chi connectivity index (χ1v) is 18.4. The molecule has 48 heavy (non-hydrogen) atoms. The molecular weight excluding hydrogens is 616 g/mol. The number of ether oxygens (including phenoxy) is 3. The highest BCUT2D eigenvalue weighted by Gasteiger charge is 2.71. The number of carbonyl (C=O) groups excluding carboxylic acids is 1. The fraction of sp³-hybridized carbons (Fsp3) is 0.921. The molecule has 10 heteroatoms. The monoisotopic (exact) mass is 680 g/mol. The van der Waals surface area contributed by atoms with E-state index in [0.29, 0.717) is 24.7 Å². The molecule has 0 unspecified atom stereocenters. The maximum Gasteiger partial charge on any atom is 0.302 e. The van der Waals surface area contributed by atoms with Crippen molar-refractivity contribution in [2.45, 2.75) is 162 Å². The first-order chi connectivity index (χ1) is 22.2. The highest BCUT2D eigenvalue weighted by molar-refractivity contribution is 5.66. The molecule has 4 aliphatic carbocycles. The molecule has 0 amide bonds. The van der Waals surface area contributed by atoms with Crippen molar-refractivity contribution in [3.8, 4) is 0 Å². The maximum absolute atomic E-state index is 12.0. The van der Waals surface area contributed by atoms with Gasteiger partial charge in [0, 0.05) is 12.3 Å². The van der Waals surface area contributed by atoms with Gasteiger partial charge in [-0.1, -0.05) is 46.3 Å². The van der Waals surface area contributed by atoms with E-state index >= 15 is 0 Å². The first-order valence-electron chi connectivity index (χ1n) is 18.4. The summed E-state index contributed by atoms with van der Waals surface area (Å²) in [6, 6.07) is 0. The second kappa shape index (κ2) is 13.5. The Hall–Kier alpha value is -1.11. The van der Waals surface area contributed by atoms with Crippen LogP contribution in [0.25, 0.3) is 0 Å². The van der Waals surface area contributed by atoms with Gasteiger partial charge >= 0.3 is 5.97 Å². The van der Waals surface area contributed by atoms with Crippen molar-refractivity contribution in [3.05, 3.63) is 11.6 Å². The van der Waals surface area contributed by atoms with Crippen LogP contribution in [0.4, 0.5) is 0 Å². The Kier molecular flexibility index (Phi) is 10.7. The van der Waals surface area contributed by atoms with Gasteiger partial charge < -0.3 is 44.8 Å². The van der Waals surface area contributed by atoms with E-state index in [4.69, 9.17) is 14.2 Å². The van der Waals surface area contributed by atoms with E-state index in [1.165, 1.54) is 6.92 Å². The summed E-state index contributed by atoms with van der Waals surface area (Å²) in [6.07, 6.45) is 2.64. The molecule has 0 aromatic carbocycles. The predicted molar refractivity (Wildman–Crippen MR) is 179 cm³/mol. The second-order valence-corrected chi connectivity index (χ2v) is 17.9. The van der Waals surface area contributed by atoms with E-state index in [9.17, 15) is 35.4 Å². The number of fused-ring (bicyclic) bond motifs is 5. The number of aliphatic hydroxyl groups excluding tert-OH is 5. The summed E-state index contributed by atoms with van der Waals surface area (Å²) in [6.45, 7) is 16.6. The van der Waals surface area contributed by atoms with Crippen LogP contribution in [0.3, 0.4) is 0 Å².